The van der Waals surface area contributed by atoms with Crippen molar-refractivity contribution in [1.29, 1.82) is 5.26 Å². The summed E-state index contributed by atoms with van der Waals surface area (Å²) in [7, 11) is 0. The Labute approximate surface area is 143 Å². The molecule has 116 valence electrons. The molecule has 23 heavy (non-hydrogen) atoms. The van der Waals surface area contributed by atoms with Gasteiger partial charge in [0.15, 0.2) is 6.61 Å². The fourth-order valence-corrected chi connectivity index (χ4v) is 2.45. The molecule has 2 aromatic carbocycles. The molecule has 0 aromatic heterocycles. The van der Waals surface area contributed by atoms with Crippen molar-refractivity contribution >= 4 is 33.6 Å². The molecule has 0 saturated heterocycles. The third kappa shape index (κ3) is 5.28. The van der Waals surface area contributed by atoms with E-state index >= 15 is 0 Å². The van der Waals surface area contributed by atoms with Crippen LogP contribution in [0.25, 0.3) is 6.08 Å². The van der Waals surface area contributed by atoms with E-state index in [1.165, 1.54) is 6.08 Å². The molecule has 0 aliphatic carbocycles. The van der Waals surface area contributed by atoms with Gasteiger partial charge in [-0.2, -0.15) is 5.26 Å². The van der Waals surface area contributed by atoms with Crippen molar-refractivity contribution in [2.24, 2.45) is 0 Å². The zero-order chi connectivity index (χ0) is 16.7. The Morgan fingerprint density at radius 3 is 2.70 bits per heavy atom. The Balaban J connectivity index is 1.96. The second-order valence-electron chi connectivity index (χ2n) is 4.82. The van der Waals surface area contributed by atoms with E-state index in [0.717, 1.165) is 21.3 Å². The van der Waals surface area contributed by atoms with Crippen molar-refractivity contribution < 1.29 is 9.53 Å². The number of aryl methyl sites for hydroxylation is 1. The molecule has 0 radical (unpaired) electrons. The minimum atomic E-state index is -0.209. The highest BCUT2D eigenvalue weighted by molar-refractivity contribution is 9.10. The third-order valence-corrected chi connectivity index (χ3v) is 3.65. The number of benzene rings is 2. The average Bonchev–Trinajstić information content (AvgIpc) is 2.54. The molecule has 0 unspecified atom stereocenters. The molecule has 2 aromatic rings. The van der Waals surface area contributed by atoms with Crippen LogP contribution in [-0.2, 0) is 4.79 Å². The van der Waals surface area contributed by atoms with Crippen LogP contribution in [-0.4, -0.2) is 12.5 Å². The zero-order valence-corrected chi connectivity index (χ0v) is 14.1. The van der Waals surface area contributed by atoms with Gasteiger partial charge in [0.25, 0.3) is 0 Å². The lowest BCUT2D eigenvalue weighted by Gasteiger charge is -2.06. The molecule has 0 saturated carbocycles. The van der Waals surface area contributed by atoms with Crippen molar-refractivity contribution in [2.45, 2.75) is 6.92 Å². The number of nitrogens with zero attached hydrogens (tertiary/aromatic N) is 1. The van der Waals surface area contributed by atoms with Crippen molar-refractivity contribution in [3.63, 3.8) is 0 Å². The van der Waals surface area contributed by atoms with Crippen LogP contribution in [0, 0.1) is 18.3 Å². The molecule has 0 spiro atoms. The SMILES string of the molecule is Cc1ccc(NC(=O)/C=C/c2ccc(OCC#N)cc2)c(Br)c1. The molecule has 2 rings (SSSR count). The van der Waals surface area contributed by atoms with Crippen LogP contribution in [0.4, 0.5) is 5.69 Å². The van der Waals surface area contributed by atoms with Crippen molar-refractivity contribution in [2.75, 3.05) is 11.9 Å². The number of hydrogen-bond acceptors (Lipinski definition) is 3. The van der Waals surface area contributed by atoms with Crippen LogP contribution >= 0.6 is 15.9 Å². The maximum Gasteiger partial charge on any atom is 0.248 e. The smallest absolute Gasteiger partial charge is 0.248 e. The standard InChI is InChI=1S/C18H15BrN2O2/c1-13-2-8-17(16(19)12-13)21-18(22)9-5-14-3-6-15(7-4-14)23-11-10-20/h2-9,12H,11H2,1H3,(H,21,22)/b9-5+. The first-order valence-corrected chi connectivity index (χ1v) is 7.73. The number of hydrogen-bond donors (Lipinski definition) is 1. The predicted molar refractivity (Wildman–Crippen MR) is 94.1 cm³/mol. The maximum atomic E-state index is 12.0. The van der Waals surface area contributed by atoms with E-state index in [1.807, 2.05) is 43.3 Å². The van der Waals surface area contributed by atoms with Crippen LogP contribution in [0.5, 0.6) is 5.75 Å². The van der Waals surface area contributed by atoms with Gasteiger partial charge in [-0.05, 0) is 64.3 Å². The fourth-order valence-electron chi connectivity index (χ4n) is 1.86. The summed E-state index contributed by atoms with van der Waals surface area (Å²) in [5.41, 5.74) is 2.71. The van der Waals surface area contributed by atoms with E-state index < -0.39 is 0 Å². The molecular weight excluding hydrogens is 356 g/mol. The molecule has 5 heteroatoms. The summed E-state index contributed by atoms with van der Waals surface area (Å²) in [4.78, 5) is 12.0. The van der Waals surface area contributed by atoms with Crippen LogP contribution in [0.3, 0.4) is 0 Å². The van der Waals surface area contributed by atoms with Crippen LogP contribution in [0.2, 0.25) is 0 Å². The van der Waals surface area contributed by atoms with Gasteiger partial charge >= 0.3 is 0 Å². The summed E-state index contributed by atoms with van der Waals surface area (Å²) < 4.78 is 6.01. The van der Waals surface area contributed by atoms with Crippen LogP contribution in [0.15, 0.2) is 53.0 Å². The minimum Gasteiger partial charge on any atom is -0.479 e. The number of amides is 1. The fraction of sp³-hybridized carbons (Fsp3) is 0.111. The first-order valence-electron chi connectivity index (χ1n) is 6.93. The van der Waals surface area contributed by atoms with Crippen LogP contribution in [0.1, 0.15) is 11.1 Å². The number of nitrogens with one attached hydrogen (secondary N) is 1. The van der Waals surface area contributed by atoms with Gasteiger partial charge < -0.3 is 10.1 Å². The minimum absolute atomic E-state index is 0.0169. The van der Waals surface area contributed by atoms with E-state index in [4.69, 9.17) is 10.00 Å². The Kier molecular flexibility index (Phi) is 5.95. The second-order valence-corrected chi connectivity index (χ2v) is 5.68. The molecule has 0 aliphatic heterocycles. The van der Waals surface area contributed by atoms with E-state index in [9.17, 15) is 4.79 Å². The number of carbonyl (C=O) groups is 1. The Morgan fingerprint density at radius 2 is 2.04 bits per heavy atom. The van der Waals surface area contributed by atoms with Crippen molar-refractivity contribution in [3.8, 4) is 11.8 Å². The monoisotopic (exact) mass is 370 g/mol. The van der Waals surface area contributed by atoms with Gasteiger partial charge in [-0.3, -0.25) is 4.79 Å². The lowest BCUT2D eigenvalue weighted by molar-refractivity contribution is -0.111. The molecule has 1 amide bonds. The summed E-state index contributed by atoms with van der Waals surface area (Å²) in [6.45, 7) is 2.00. The number of nitriles is 1. The van der Waals surface area contributed by atoms with Gasteiger partial charge in [0.05, 0.1) is 5.69 Å². The Hall–Kier alpha value is -2.58. The first kappa shape index (κ1) is 16.8. The number of rotatable bonds is 5. The molecule has 1 N–H and O–H groups in total. The summed E-state index contributed by atoms with van der Waals surface area (Å²) in [5.74, 6) is 0.413. The van der Waals surface area contributed by atoms with Gasteiger partial charge in [-0.25, -0.2) is 0 Å². The van der Waals surface area contributed by atoms with Crippen molar-refractivity contribution in [1.82, 2.24) is 0 Å². The van der Waals surface area contributed by atoms with Crippen LogP contribution < -0.4 is 10.1 Å². The highest BCUT2D eigenvalue weighted by Crippen LogP contribution is 2.23. The van der Waals surface area contributed by atoms with Gasteiger partial charge in [-0.15, -0.1) is 0 Å². The Morgan fingerprint density at radius 1 is 1.30 bits per heavy atom. The average molecular weight is 371 g/mol. The topological polar surface area (TPSA) is 62.1 Å². The first-order chi connectivity index (χ1) is 11.1. The number of ether oxygens (including phenoxy) is 1. The summed E-state index contributed by atoms with van der Waals surface area (Å²) in [6, 6.07) is 14.8. The maximum absolute atomic E-state index is 12.0. The van der Waals surface area contributed by atoms with Gasteiger partial charge in [0, 0.05) is 10.5 Å². The molecule has 4 nitrogen and oxygen atoms in total. The van der Waals surface area contributed by atoms with Gasteiger partial charge in [-0.1, -0.05) is 18.2 Å². The lowest BCUT2D eigenvalue weighted by atomic mass is 10.2. The number of anilines is 1. The zero-order valence-electron chi connectivity index (χ0n) is 12.5. The third-order valence-electron chi connectivity index (χ3n) is 2.99. The van der Waals surface area contributed by atoms with E-state index in [1.54, 1.807) is 18.2 Å². The van der Waals surface area contributed by atoms with Gasteiger partial charge in [0.1, 0.15) is 11.8 Å². The highest BCUT2D eigenvalue weighted by atomic mass is 79.9. The Bertz CT molecular complexity index is 762. The quantitative estimate of drug-likeness (QED) is 0.797. The summed E-state index contributed by atoms with van der Waals surface area (Å²) >= 11 is 3.42. The summed E-state index contributed by atoms with van der Waals surface area (Å²) in [6.07, 6.45) is 3.18. The molecule has 0 fully saturated rings. The largest absolute Gasteiger partial charge is 0.479 e. The highest BCUT2D eigenvalue weighted by Gasteiger charge is 2.02. The molecule has 0 aliphatic rings. The summed E-state index contributed by atoms with van der Waals surface area (Å²) in [5, 5.41) is 11.3. The molecule has 0 bridgehead atoms. The number of carbonyl (C=O) groups excluding carboxylic acids is 1. The second kappa shape index (κ2) is 8.16. The number of halogens is 1. The predicted octanol–water partition coefficient (Wildman–Crippen LogP) is 4.31. The molecular formula is C18H15BrN2O2. The normalized spacial score (nSPS) is 10.3. The van der Waals surface area contributed by atoms with E-state index in [2.05, 4.69) is 21.2 Å². The lowest BCUT2D eigenvalue weighted by Crippen LogP contribution is -2.08. The molecule has 0 atom stereocenters. The van der Waals surface area contributed by atoms with Gasteiger partial charge in [0.2, 0.25) is 5.91 Å². The van der Waals surface area contributed by atoms with E-state index in [-0.39, 0.29) is 12.5 Å². The van der Waals surface area contributed by atoms with E-state index in [0.29, 0.717) is 5.75 Å². The molecule has 0 heterocycles. The van der Waals surface area contributed by atoms with Crippen molar-refractivity contribution in [3.05, 3.63) is 64.1 Å².